The highest BCUT2D eigenvalue weighted by atomic mass is 16.6. The summed E-state index contributed by atoms with van der Waals surface area (Å²) in [4.78, 5) is 10.3. The number of nitro benzene ring substituents is 1. The zero-order valence-corrected chi connectivity index (χ0v) is 10.5. The standard InChI is InChI=1S/C12H10N4O4/c1-7-2-3-8(19-7)6-13-9-4-5-10(16(17)18)12-11(9)14-20-15-12/h2-5,13H,6H2,1H3. The summed E-state index contributed by atoms with van der Waals surface area (Å²) in [5.41, 5.74) is 0.902. The highest BCUT2D eigenvalue weighted by Crippen LogP contribution is 2.28. The fourth-order valence-electron chi connectivity index (χ4n) is 1.91. The minimum Gasteiger partial charge on any atom is -0.465 e. The number of non-ortho nitro benzene ring substituents is 1. The van der Waals surface area contributed by atoms with Gasteiger partial charge in [-0.05, 0) is 35.4 Å². The van der Waals surface area contributed by atoms with E-state index >= 15 is 0 Å². The number of nitro groups is 1. The molecule has 0 saturated carbocycles. The van der Waals surface area contributed by atoms with Crippen LogP contribution in [-0.4, -0.2) is 15.2 Å². The molecule has 0 bridgehead atoms. The lowest BCUT2D eigenvalue weighted by atomic mass is 10.2. The minimum atomic E-state index is -0.522. The molecule has 0 fully saturated rings. The molecule has 0 atom stereocenters. The van der Waals surface area contributed by atoms with Gasteiger partial charge in [0.2, 0.25) is 5.52 Å². The number of aryl methyl sites for hydroxylation is 1. The summed E-state index contributed by atoms with van der Waals surface area (Å²) in [6.07, 6.45) is 0. The first-order chi connectivity index (χ1) is 9.65. The van der Waals surface area contributed by atoms with Crippen LogP contribution in [-0.2, 0) is 6.54 Å². The maximum Gasteiger partial charge on any atom is 0.300 e. The van der Waals surface area contributed by atoms with Gasteiger partial charge in [0.05, 0.1) is 17.2 Å². The van der Waals surface area contributed by atoms with Crippen molar-refractivity contribution in [2.75, 3.05) is 5.32 Å². The fraction of sp³-hybridized carbons (Fsp3) is 0.167. The quantitative estimate of drug-likeness (QED) is 0.575. The van der Waals surface area contributed by atoms with Gasteiger partial charge in [0.25, 0.3) is 0 Å². The summed E-state index contributed by atoms with van der Waals surface area (Å²) in [5.74, 6) is 1.57. The number of fused-ring (bicyclic) bond motifs is 1. The predicted octanol–water partition coefficient (Wildman–Crippen LogP) is 2.64. The van der Waals surface area contributed by atoms with Gasteiger partial charge in [0.1, 0.15) is 11.5 Å². The Morgan fingerprint density at radius 1 is 1.25 bits per heavy atom. The lowest BCUT2D eigenvalue weighted by Crippen LogP contribution is -2.00. The summed E-state index contributed by atoms with van der Waals surface area (Å²) in [6.45, 7) is 2.29. The first-order valence-electron chi connectivity index (χ1n) is 5.84. The average Bonchev–Trinajstić information content (AvgIpc) is 3.04. The second-order valence-corrected chi connectivity index (χ2v) is 4.22. The number of furan rings is 1. The van der Waals surface area contributed by atoms with Crippen LogP contribution in [0.25, 0.3) is 11.0 Å². The van der Waals surface area contributed by atoms with E-state index in [2.05, 4.69) is 20.3 Å². The van der Waals surface area contributed by atoms with E-state index in [9.17, 15) is 10.1 Å². The van der Waals surface area contributed by atoms with Gasteiger partial charge in [-0.3, -0.25) is 10.1 Å². The average molecular weight is 274 g/mol. The van der Waals surface area contributed by atoms with Gasteiger partial charge in [0, 0.05) is 6.07 Å². The molecule has 3 aromatic rings. The minimum absolute atomic E-state index is 0.121. The highest BCUT2D eigenvalue weighted by molar-refractivity contribution is 5.93. The van der Waals surface area contributed by atoms with Gasteiger partial charge in [-0.2, -0.15) is 0 Å². The molecule has 102 valence electrons. The molecule has 0 saturated heterocycles. The molecule has 1 N–H and O–H groups in total. The molecular weight excluding hydrogens is 264 g/mol. The van der Waals surface area contributed by atoms with Crippen LogP contribution in [0.3, 0.4) is 0 Å². The maximum atomic E-state index is 10.9. The topological polar surface area (TPSA) is 107 Å². The number of hydrogen-bond donors (Lipinski definition) is 1. The van der Waals surface area contributed by atoms with Gasteiger partial charge in [0.15, 0.2) is 5.52 Å². The number of nitrogens with zero attached hydrogens (tertiary/aromatic N) is 3. The SMILES string of the molecule is Cc1ccc(CNc2ccc([N+](=O)[O-])c3nonc23)o1. The summed E-state index contributed by atoms with van der Waals surface area (Å²) in [7, 11) is 0. The third-order valence-corrected chi connectivity index (χ3v) is 2.84. The summed E-state index contributed by atoms with van der Waals surface area (Å²) >= 11 is 0. The lowest BCUT2D eigenvalue weighted by Gasteiger charge is -2.04. The molecule has 20 heavy (non-hydrogen) atoms. The molecule has 0 amide bonds. The Bertz CT molecular complexity index is 777. The van der Waals surface area contributed by atoms with E-state index in [-0.39, 0.29) is 11.2 Å². The van der Waals surface area contributed by atoms with Crippen LogP contribution < -0.4 is 5.32 Å². The summed E-state index contributed by atoms with van der Waals surface area (Å²) < 4.78 is 10.0. The van der Waals surface area contributed by atoms with Gasteiger partial charge in [-0.25, -0.2) is 4.63 Å². The second kappa shape index (κ2) is 4.65. The normalized spacial score (nSPS) is 10.8. The van der Waals surface area contributed by atoms with Crippen LogP contribution in [0.4, 0.5) is 11.4 Å². The van der Waals surface area contributed by atoms with Gasteiger partial charge in [-0.1, -0.05) is 0 Å². The van der Waals surface area contributed by atoms with Crippen LogP contribution >= 0.6 is 0 Å². The van der Waals surface area contributed by atoms with Crippen LogP contribution in [0.5, 0.6) is 0 Å². The number of aromatic nitrogens is 2. The molecule has 0 unspecified atom stereocenters. The first kappa shape index (κ1) is 12.2. The largest absolute Gasteiger partial charge is 0.465 e. The third kappa shape index (κ3) is 2.07. The zero-order chi connectivity index (χ0) is 14.1. The van der Waals surface area contributed by atoms with E-state index in [4.69, 9.17) is 4.42 Å². The van der Waals surface area contributed by atoms with Gasteiger partial charge < -0.3 is 9.73 Å². The molecule has 8 heteroatoms. The van der Waals surface area contributed by atoms with Crippen molar-refractivity contribution in [2.45, 2.75) is 13.5 Å². The molecule has 0 spiro atoms. The Hall–Kier alpha value is -2.90. The monoisotopic (exact) mass is 274 g/mol. The Kier molecular flexibility index (Phi) is 2.82. The summed E-state index contributed by atoms with van der Waals surface area (Å²) in [6, 6.07) is 6.65. The molecule has 2 heterocycles. The van der Waals surface area contributed by atoms with Crippen molar-refractivity contribution in [1.82, 2.24) is 10.3 Å². The van der Waals surface area contributed by atoms with Gasteiger partial charge >= 0.3 is 5.69 Å². The van der Waals surface area contributed by atoms with Crippen molar-refractivity contribution in [3.63, 3.8) is 0 Å². The van der Waals surface area contributed by atoms with Gasteiger partial charge in [-0.15, -0.1) is 0 Å². The van der Waals surface area contributed by atoms with E-state index in [0.29, 0.717) is 17.7 Å². The molecule has 3 rings (SSSR count). The smallest absolute Gasteiger partial charge is 0.300 e. The second-order valence-electron chi connectivity index (χ2n) is 4.22. The maximum absolute atomic E-state index is 10.9. The van der Waals surface area contributed by atoms with Crippen molar-refractivity contribution in [1.29, 1.82) is 0 Å². The van der Waals surface area contributed by atoms with E-state index in [1.54, 1.807) is 6.07 Å². The number of anilines is 1. The van der Waals surface area contributed by atoms with Crippen LogP contribution in [0, 0.1) is 17.0 Å². The number of rotatable bonds is 4. The Morgan fingerprint density at radius 3 is 2.75 bits per heavy atom. The predicted molar refractivity (Wildman–Crippen MR) is 69.2 cm³/mol. The van der Waals surface area contributed by atoms with Crippen molar-refractivity contribution < 1.29 is 14.0 Å². The molecule has 8 nitrogen and oxygen atoms in total. The van der Waals surface area contributed by atoms with Crippen LogP contribution in [0.1, 0.15) is 11.5 Å². The molecular formula is C12H10N4O4. The Morgan fingerprint density at radius 2 is 2.05 bits per heavy atom. The molecule has 0 aliphatic heterocycles. The number of benzene rings is 1. The lowest BCUT2D eigenvalue weighted by molar-refractivity contribution is -0.383. The van der Waals surface area contributed by atoms with Crippen molar-refractivity contribution in [2.24, 2.45) is 0 Å². The molecule has 0 aliphatic rings. The third-order valence-electron chi connectivity index (χ3n) is 2.84. The number of hydrogen-bond acceptors (Lipinski definition) is 7. The zero-order valence-electron chi connectivity index (χ0n) is 10.5. The van der Waals surface area contributed by atoms with E-state index in [0.717, 1.165) is 11.5 Å². The fourth-order valence-corrected chi connectivity index (χ4v) is 1.91. The van der Waals surface area contributed by atoms with Crippen molar-refractivity contribution >= 4 is 22.4 Å². The van der Waals surface area contributed by atoms with Crippen LogP contribution in [0.2, 0.25) is 0 Å². The molecule has 1 aromatic carbocycles. The van der Waals surface area contributed by atoms with Crippen LogP contribution in [0.15, 0.2) is 33.3 Å². The van der Waals surface area contributed by atoms with Crippen molar-refractivity contribution in [3.8, 4) is 0 Å². The molecule has 0 aliphatic carbocycles. The van der Waals surface area contributed by atoms with Crippen molar-refractivity contribution in [3.05, 3.63) is 45.9 Å². The molecule has 2 aromatic heterocycles. The summed E-state index contributed by atoms with van der Waals surface area (Å²) in [5, 5.41) is 21.2. The number of nitrogens with one attached hydrogen (secondary N) is 1. The first-order valence-corrected chi connectivity index (χ1v) is 5.84. The Balaban J connectivity index is 1.90. The molecule has 0 radical (unpaired) electrons. The Labute approximate surface area is 112 Å². The van der Waals surface area contributed by atoms with E-state index in [1.165, 1.54) is 6.07 Å². The highest BCUT2D eigenvalue weighted by Gasteiger charge is 2.19. The van der Waals surface area contributed by atoms with E-state index in [1.807, 2.05) is 19.1 Å². The van der Waals surface area contributed by atoms with E-state index < -0.39 is 4.92 Å².